The summed E-state index contributed by atoms with van der Waals surface area (Å²) >= 11 is 0. The van der Waals surface area contributed by atoms with Gasteiger partial charge in [0.15, 0.2) is 23.1 Å². The summed E-state index contributed by atoms with van der Waals surface area (Å²) in [7, 11) is 4.61. The number of Topliss-reactive ketones (excluding diaryl/α,β-unsaturated/α-hetero) is 2. The third-order valence-corrected chi connectivity index (χ3v) is 4.59. The number of methoxy groups -OCH3 is 3. The summed E-state index contributed by atoms with van der Waals surface area (Å²) in [6.45, 7) is 1.70. The summed E-state index contributed by atoms with van der Waals surface area (Å²) in [5.41, 5.74) is 2.67. The number of ether oxygens (including phenoxy) is 3. The molecule has 0 aliphatic heterocycles. The number of hydrogen-bond donors (Lipinski definition) is 0. The van der Waals surface area contributed by atoms with E-state index in [1.807, 2.05) is 0 Å². The zero-order valence-corrected chi connectivity index (χ0v) is 15.2. The van der Waals surface area contributed by atoms with Crippen molar-refractivity contribution in [2.24, 2.45) is 0 Å². The second-order valence-corrected chi connectivity index (χ2v) is 6.02. The highest BCUT2D eigenvalue weighted by atomic mass is 16.5. The Morgan fingerprint density at radius 1 is 0.808 bits per heavy atom. The molecule has 0 amide bonds. The quantitative estimate of drug-likeness (QED) is 0.822. The molecule has 0 aromatic heterocycles. The molecule has 1 aliphatic carbocycles. The topological polar surface area (TPSA) is 61.8 Å². The predicted octanol–water partition coefficient (Wildman–Crippen LogP) is 3.65. The molecule has 3 rings (SSSR count). The zero-order valence-electron chi connectivity index (χ0n) is 15.2. The number of rotatable bonds is 5. The van der Waals surface area contributed by atoms with E-state index in [1.165, 1.54) is 21.3 Å². The Hall–Kier alpha value is -3.08. The maximum atomic E-state index is 12.9. The predicted molar refractivity (Wildman–Crippen MR) is 97.6 cm³/mol. The first kappa shape index (κ1) is 17.7. The number of ketones is 2. The molecule has 0 saturated heterocycles. The van der Waals surface area contributed by atoms with E-state index >= 15 is 0 Å². The Kier molecular flexibility index (Phi) is 4.80. The highest BCUT2D eigenvalue weighted by Crippen LogP contribution is 2.39. The Balaban J connectivity index is 2.05. The minimum atomic E-state index is -0.119. The summed E-state index contributed by atoms with van der Waals surface area (Å²) in [4.78, 5) is 25.5. The van der Waals surface area contributed by atoms with Gasteiger partial charge >= 0.3 is 0 Å². The van der Waals surface area contributed by atoms with Crippen molar-refractivity contribution in [2.75, 3.05) is 21.3 Å². The number of carbonyl (C=O) groups is 2. The van der Waals surface area contributed by atoms with Crippen molar-refractivity contribution in [3.63, 3.8) is 0 Å². The van der Waals surface area contributed by atoms with E-state index in [2.05, 4.69) is 0 Å². The lowest BCUT2D eigenvalue weighted by Crippen LogP contribution is -2.22. The fourth-order valence-electron chi connectivity index (χ4n) is 3.21. The van der Waals surface area contributed by atoms with Gasteiger partial charge in [0.05, 0.1) is 21.3 Å². The van der Waals surface area contributed by atoms with Gasteiger partial charge < -0.3 is 14.2 Å². The third kappa shape index (κ3) is 2.86. The zero-order chi connectivity index (χ0) is 18.8. The molecule has 0 saturated carbocycles. The Labute approximate surface area is 152 Å². The minimum Gasteiger partial charge on any atom is -0.493 e. The van der Waals surface area contributed by atoms with Crippen LogP contribution in [0.3, 0.4) is 0 Å². The summed E-state index contributed by atoms with van der Waals surface area (Å²) in [5.74, 6) is 1.28. The van der Waals surface area contributed by atoms with Crippen molar-refractivity contribution in [2.45, 2.75) is 13.3 Å². The van der Waals surface area contributed by atoms with E-state index in [0.29, 0.717) is 45.9 Å². The second-order valence-electron chi connectivity index (χ2n) is 6.02. The third-order valence-electron chi connectivity index (χ3n) is 4.59. The van der Waals surface area contributed by atoms with E-state index in [0.717, 1.165) is 5.56 Å². The number of fused-ring (bicyclic) bond motifs is 1. The minimum absolute atomic E-state index is 0.109. The molecule has 0 heterocycles. The van der Waals surface area contributed by atoms with E-state index in [4.69, 9.17) is 14.2 Å². The summed E-state index contributed by atoms with van der Waals surface area (Å²) in [6, 6.07) is 10.5. The standard InChI is InChI=1S/C21H20O5/c1-12-16(20(23)15-8-6-5-7-14(15)19(12)22)9-13-10-17(24-2)21(26-4)18(11-13)25-3/h5-8,10-11H,9H2,1-4H3. The van der Waals surface area contributed by atoms with Crippen molar-refractivity contribution in [1.29, 1.82) is 0 Å². The molecule has 134 valence electrons. The van der Waals surface area contributed by atoms with Crippen LogP contribution in [0, 0.1) is 0 Å². The number of carbonyl (C=O) groups excluding carboxylic acids is 2. The van der Waals surface area contributed by atoms with Crippen LogP contribution in [-0.2, 0) is 6.42 Å². The van der Waals surface area contributed by atoms with Gasteiger partial charge in [-0.3, -0.25) is 9.59 Å². The lowest BCUT2D eigenvalue weighted by atomic mass is 9.82. The van der Waals surface area contributed by atoms with Gasteiger partial charge in [0.2, 0.25) is 5.75 Å². The fraction of sp³-hybridized carbons (Fsp3) is 0.238. The molecule has 0 N–H and O–H groups in total. The lowest BCUT2D eigenvalue weighted by molar-refractivity contribution is 0.0973. The average Bonchev–Trinajstić information content (AvgIpc) is 2.68. The molecule has 5 heteroatoms. The summed E-state index contributed by atoms with van der Waals surface area (Å²) in [5, 5.41) is 0. The number of allylic oxidation sites excluding steroid dienone is 2. The molecule has 2 aromatic rings. The first-order valence-corrected chi connectivity index (χ1v) is 8.18. The molecule has 0 spiro atoms. The maximum absolute atomic E-state index is 12.9. The second kappa shape index (κ2) is 7.04. The van der Waals surface area contributed by atoms with Gasteiger partial charge in [-0.25, -0.2) is 0 Å². The van der Waals surface area contributed by atoms with E-state index < -0.39 is 0 Å². The van der Waals surface area contributed by atoms with Crippen LogP contribution in [0.4, 0.5) is 0 Å². The van der Waals surface area contributed by atoms with E-state index in [-0.39, 0.29) is 11.6 Å². The maximum Gasteiger partial charge on any atom is 0.203 e. The highest BCUT2D eigenvalue weighted by Gasteiger charge is 2.29. The molecule has 5 nitrogen and oxygen atoms in total. The number of benzene rings is 2. The fourth-order valence-corrected chi connectivity index (χ4v) is 3.21. The molecular weight excluding hydrogens is 332 g/mol. The smallest absolute Gasteiger partial charge is 0.203 e. The molecular formula is C21H20O5. The molecule has 26 heavy (non-hydrogen) atoms. The van der Waals surface area contributed by atoms with Crippen molar-refractivity contribution < 1.29 is 23.8 Å². The first-order chi connectivity index (χ1) is 12.5. The van der Waals surface area contributed by atoms with E-state index in [9.17, 15) is 9.59 Å². The molecule has 0 radical (unpaired) electrons. The highest BCUT2D eigenvalue weighted by molar-refractivity contribution is 6.26. The van der Waals surface area contributed by atoms with Gasteiger partial charge in [-0.2, -0.15) is 0 Å². The summed E-state index contributed by atoms with van der Waals surface area (Å²) in [6.07, 6.45) is 0.307. The molecule has 0 fully saturated rings. The average molecular weight is 352 g/mol. The van der Waals surface area contributed by atoms with Crippen LogP contribution in [0.1, 0.15) is 33.2 Å². The van der Waals surface area contributed by atoms with Crippen molar-refractivity contribution >= 4 is 11.6 Å². The van der Waals surface area contributed by atoms with Gasteiger partial charge in [0.1, 0.15) is 0 Å². The van der Waals surface area contributed by atoms with Gasteiger partial charge in [-0.15, -0.1) is 0 Å². The van der Waals surface area contributed by atoms with Gasteiger partial charge in [-0.05, 0) is 24.6 Å². The first-order valence-electron chi connectivity index (χ1n) is 8.18. The van der Waals surface area contributed by atoms with Crippen LogP contribution in [0.15, 0.2) is 47.5 Å². The van der Waals surface area contributed by atoms with Crippen LogP contribution in [0.5, 0.6) is 17.2 Å². The summed E-state index contributed by atoms with van der Waals surface area (Å²) < 4.78 is 16.1. The monoisotopic (exact) mass is 352 g/mol. The van der Waals surface area contributed by atoms with Crippen LogP contribution in [0.2, 0.25) is 0 Å². The molecule has 0 bridgehead atoms. The van der Waals surface area contributed by atoms with Gasteiger partial charge in [0.25, 0.3) is 0 Å². The van der Waals surface area contributed by atoms with Crippen LogP contribution < -0.4 is 14.2 Å². The Bertz CT molecular complexity index is 899. The van der Waals surface area contributed by atoms with E-state index in [1.54, 1.807) is 43.3 Å². The SMILES string of the molecule is COc1cc(CC2=C(C)C(=O)c3ccccc3C2=O)cc(OC)c1OC. The van der Waals surface area contributed by atoms with Crippen LogP contribution in [0.25, 0.3) is 0 Å². The molecule has 0 atom stereocenters. The molecule has 0 unspecified atom stereocenters. The van der Waals surface area contributed by atoms with Gasteiger partial charge in [-0.1, -0.05) is 24.3 Å². The lowest BCUT2D eigenvalue weighted by Gasteiger charge is -2.20. The Morgan fingerprint density at radius 3 is 1.85 bits per heavy atom. The Morgan fingerprint density at radius 2 is 1.35 bits per heavy atom. The normalized spacial score (nSPS) is 13.5. The van der Waals surface area contributed by atoms with Crippen molar-refractivity contribution in [3.8, 4) is 17.2 Å². The van der Waals surface area contributed by atoms with Crippen molar-refractivity contribution in [3.05, 3.63) is 64.2 Å². The van der Waals surface area contributed by atoms with Crippen LogP contribution >= 0.6 is 0 Å². The molecule has 1 aliphatic rings. The largest absolute Gasteiger partial charge is 0.493 e. The molecule has 2 aromatic carbocycles. The number of hydrogen-bond acceptors (Lipinski definition) is 5. The van der Waals surface area contributed by atoms with Gasteiger partial charge in [0, 0.05) is 28.7 Å². The van der Waals surface area contributed by atoms with Crippen LogP contribution in [-0.4, -0.2) is 32.9 Å². The van der Waals surface area contributed by atoms with Crippen molar-refractivity contribution in [1.82, 2.24) is 0 Å².